The molecule has 110 valence electrons. The SMILES string of the molecule is CNCCC1CCCCN1C(=O)c1cc(Br)ccc1O. The Morgan fingerprint density at radius 1 is 1.50 bits per heavy atom. The number of hydrogen-bond acceptors (Lipinski definition) is 3. The van der Waals surface area contributed by atoms with Gasteiger partial charge < -0.3 is 15.3 Å². The molecule has 1 unspecified atom stereocenters. The number of likely N-dealkylation sites (tertiary alicyclic amines) is 1. The van der Waals surface area contributed by atoms with Crippen molar-refractivity contribution in [1.29, 1.82) is 0 Å². The number of halogens is 1. The average molecular weight is 341 g/mol. The Morgan fingerprint density at radius 3 is 3.05 bits per heavy atom. The number of phenols is 1. The van der Waals surface area contributed by atoms with Gasteiger partial charge in [-0.2, -0.15) is 0 Å². The van der Waals surface area contributed by atoms with Gasteiger partial charge in [0, 0.05) is 17.1 Å². The summed E-state index contributed by atoms with van der Waals surface area (Å²) in [5.74, 6) is -0.0132. The van der Waals surface area contributed by atoms with E-state index in [2.05, 4.69) is 21.2 Å². The van der Waals surface area contributed by atoms with Crippen molar-refractivity contribution in [2.75, 3.05) is 20.1 Å². The van der Waals surface area contributed by atoms with Gasteiger partial charge in [-0.15, -0.1) is 0 Å². The van der Waals surface area contributed by atoms with Crippen molar-refractivity contribution in [3.05, 3.63) is 28.2 Å². The van der Waals surface area contributed by atoms with E-state index in [-0.39, 0.29) is 17.7 Å². The van der Waals surface area contributed by atoms with Crippen LogP contribution in [0.4, 0.5) is 0 Å². The molecule has 5 heteroatoms. The summed E-state index contributed by atoms with van der Waals surface area (Å²) < 4.78 is 0.808. The van der Waals surface area contributed by atoms with Crippen LogP contribution in [0.3, 0.4) is 0 Å². The molecule has 0 bridgehead atoms. The first-order valence-corrected chi connectivity index (χ1v) is 7.87. The fourth-order valence-corrected chi connectivity index (χ4v) is 3.07. The molecule has 2 rings (SSSR count). The highest BCUT2D eigenvalue weighted by Gasteiger charge is 2.28. The normalized spacial score (nSPS) is 19.1. The van der Waals surface area contributed by atoms with E-state index in [4.69, 9.17) is 0 Å². The quantitative estimate of drug-likeness (QED) is 0.886. The van der Waals surface area contributed by atoms with Gasteiger partial charge in [0.15, 0.2) is 0 Å². The van der Waals surface area contributed by atoms with E-state index in [0.717, 1.165) is 36.8 Å². The Balaban J connectivity index is 2.18. The number of amides is 1. The highest BCUT2D eigenvalue weighted by atomic mass is 79.9. The molecule has 1 heterocycles. The van der Waals surface area contributed by atoms with Crippen LogP contribution in [0.25, 0.3) is 0 Å². The maximum atomic E-state index is 12.7. The molecule has 0 aliphatic carbocycles. The summed E-state index contributed by atoms with van der Waals surface area (Å²) in [6.45, 7) is 1.68. The van der Waals surface area contributed by atoms with Crippen LogP contribution in [-0.2, 0) is 0 Å². The van der Waals surface area contributed by atoms with Gasteiger partial charge in [0.25, 0.3) is 5.91 Å². The van der Waals surface area contributed by atoms with E-state index < -0.39 is 0 Å². The van der Waals surface area contributed by atoms with Gasteiger partial charge in [0.1, 0.15) is 5.75 Å². The number of carbonyl (C=O) groups excluding carboxylic acids is 1. The molecule has 1 aromatic rings. The van der Waals surface area contributed by atoms with Crippen LogP contribution < -0.4 is 5.32 Å². The minimum Gasteiger partial charge on any atom is -0.507 e. The Kier molecular flexibility index (Phi) is 5.43. The minimum atomic E-state index is -0.0652. The fraction of sp³-hybridized carbons (Fsp3) is 0.533. The van der Waals surface area contributed by atoms with E-state index >= 15 is 0 Å². The second-order valence-corrected chi connectivity index (χ2v) is 6.12. The lowest BCUT2D eigenvalue weighted by atomic mass is 9.98. The number of hydrogen-bond donors (Lipinski definition) is 2. The maximum Gasteiger partial charge on any atom is 0.257 e. The molecular weight excluding hydrogens is 320 g/mol. The van der Waals surface area contributed by atoms with Crippen molar-refractivity contribution in [3.8, 4) is 5.75 Å². The van der Waals surface area contributed by atoms with Crippen LogP contribution in [-0.4, -0.2) is 42.1 Å². The molecule has 1 atom stereocenters. The van der Waals surface area contributed by atoms with E-state index in [0.29, 0.717) is 5.56 Å². The van der Waals surface area contributed by atoms with Gasteiger partial charge in [0.2, 0.25) is 0 Å². The van der Waals surface area contributed by atoms with Gasteiger partial charge in [-0.25, -0.2) is 0 Å². The number of nitrogens with zero attached hydrogens (tertiary/aromatic N) is 1. The molecular formula is C15H21BrN2O2. The van der Waals surface area contributed by atoms with Crippen molar-refractivity contribution in [1.82, 2.24) is 10.2 Å². The number of benzene rings is 1. The third-order valence-corrected chi connectivity index (χ3v) is 4.30. The molecule has 4 nitrogen and oxygen atoms in total. The predicted octanol–water partition coefficient (Wildman–Crippen LogP) is 2.76. The second-order valence-electron chi connectivity index (χ2n) is 5.20. The molecule has 0 spiro atoms. The molecule has 2 N–H and O–H groups in total. The fourth-order valence-electron chi connectivity index (χ4n) is 2.71. The van der Waals surface area contributed by atoms with Crippen LogP contribution in [0.15, 0.2) is 22.7 Å². The van der Waals surface area contributed by atoms with Crippen molar-refractivity contribution < 1.29 is 9.90 Å². The van der Waals surface area contributed by atoms with Gasteiger partial charge in [0.05, 0.1) is 5.56 Å². The molecule has 1 aromatic carbocycles. The lowest BCUT2D eigenvalue weighted by Crippen LogP contribution is -2.44. The molecule has 20 heavy (non-hydrogen) atoms. The first kappa shape index (κ1) is 15.3. The molecule has 1 saturated heterocycles. The Labute approximate surface area is 128 Å². The largest absolute Gasteiger partial charge is 0.507 e. The van der Waals surface area contributed by atoms with Gasteiger partial charge in [-0.1, -0.05) is 15.9 Å². The minimum absolute atomic E-state index is 0.0520. The molecule has 1 aliphatic rings. The summed E-state index contributed by atoms with van der Waals surface area (Å²) in [6, 6.07) is 5.26. The van der Waals surface area contributed by atoms with E-state index in [1.54, 1.807) is 18.2 Å². The van der Waals surface area contributed by atoms with Crippen LogP contribution in [0, 0.1) is 0 Å². The number of carbonyl (C=O) groups is 1. The molecule has 1 amide bonds. The third kappa shape index (κ3) is 3.52. The summed E-state index contributed by atoms with van der Waals surface area (Å²) >= 11 is 3.35. The Bertz CT molecular complexity index is 479. The van der Waals surface area contributed by atoms with Crippen molar-refractivity contribution in [2.45, 2.75) is 31.7 Å². The van der Waals surface area contributed by atoms with Crippen molar-refractivity contribution in [2.24, 2.45) is 0 Å². The number of aromatic hydroxyl groups is 1. The van der Waals surface area contributed by atoms with Crippen LogP contribution in [0.5, 0.6) is 5.75 Å². The smallest absolute Gasteiger partial charge is 0.257 e. The zero-order valence-electron chi connectivity index (χ0n) is 11.7. The summed E-state index contributed by atoms with van der Waals surface area (Å²) in [6.07, 6.45) is 4.21. The summed E-state index contributed by atoms with van der Waals surface area (Å²) in [5, 5.41) is 13.1. The first-order valence-electron chi connectivity index (χ1n) is 7.07. The highest BCUT2D eigenvalue weighted by Crippen LogP contribution is 2.27. The third-order valence-electron chi connectivity index (χ3n) is 3.80. The van der Waals surface area contributed by atoms with Crippen LogP contribution in [0.2, 0.25) is 0 Å². The van der Waals surface area contributed by atoms with Gasteiger partial charge in [-0.3, -0.25) is 4.79 Å². The maximum absolute atomic E-state index is 12.7. The zero-order chi connectivity index (χ0) is 14.5. The molecule has 1 fully saturated rings. The topological polar surface area (TPSA) is 52.6 Å². The second kappa shape index (κ2) is 7.09. The lowest BCUT2D eigenvalue weighted by molar-refractivity contribution is 0.0599. The van der Waals surface area contributed by atoms with Crippen molar-refractivity contribution in [3.63, 3.8) is 0 Å². The number of rotatable bonds is 4. The first-order chi connectivity index (χ1) is 9.63. The Morgan fingerprint density at radius 2 is 2.30 bits per heavy atom. The van der Waals surface area contributed by atoms with E-state index in [1.165, 1.54) is 6.42 Å². The molecule has 0 radical (unpaired) electrons. The van der Waals surface area contributed by atoms with Crippen LogP contribution in [0.1, 0.15) is 36.0 Å². The van der Waals surface area contributed by atoms with Gasteiger partial charge in [-0.05, 0) is 57.5 Å². The summed E-state index contributed by atoms with van der Waals surface area (Å²) in [4.78, 5) is 14.6. The zero-order valence-corrected chi connectivity index (χ0v) is 13.3. The molecule has 0 aromatic heterocycles. The van der Waals surface area contributed by atoms with E-state index in [9.17, 15) is 9.90 Å². The summed E-state index contributed by atoms with van der Waals surface area (Å²) in [5.41, 5.74) is 0.385. The number of piperidine rings is 1. The van der Waals surface area contributed by atoms with Crippen LogP contribution >= 0.6 is 15.9 Å². The number of phenolic OH excluding ortho intramolecular Hbond substituents is 1. The highest BCUT2D eigenvalue weighted by molar-refractivity contribution is 9.10. The number of nitrogens with one attached hydrogen (secondary N) is 1. The Hall–Kier alpha value is -1.07. The predicted molar refractivity (Wildman–Crippen MR) is 83.0 cm³/mol. The lowest BCUT2D eigenvalue weighted by Gasteiger charge is -2.36. The summed E-state index contributed by atoms with van der Waals surface area (Å²) in [7, 11) is 1.93. The standard InChI is InChI=1S/C15H21BrN2O2/c1-17-8-7-12-4-2-3-9-18(12)15(20)13-10-11(16)5-6-14(13)19/h5-6,10,12,17,19H,2-4,7-9H2,1H3. The van der Waals surface area contributed by atoms with E-state index in [1.807, 2.05) is 11.9 Å². The average Bonchev–Trinajstić information content (AvgIpc) is 2.47. The molecule has 0 saturated carbocycles. The molecule has 1 aliphatic heterocycles. The van der Waals surface area contributed by atoms with Gasteiger partial charge >= 0.3 is 0 Å². The van der Waals surface area contributed by atoms with Crippen molar-refractivity contribution >= 4 is 21.8 Å². The monoisotopic (exact) mass is 340 g/mol.